The molecule has 1 N–H and O–H groups in total. The normalized spacial score (nSPS) is 15.2. The quantitative estimate of drug-likeness (QED) is 0.340. The van der Waals surface area contributed by atoms with E-state index in [-0.39, 0.29) is 18.7 Å². The lowest BCUT2D eigenvalue weighted by molar-refractivity contribution is -0.137. The van der Waals surface area contributed by atoms with E-state index in [4.69, 9.17) is 21.1 Å². The molecule has 39 heavy (non-hydrogen) atoms. The topological polar surface area (TPSA) is 54.0 Å². The van der Waals surface area contributed by atoms with E-state index in [1.165, 1.54) is 12.1 Å². The summed E-state index contributed by atoms with van der Waals surface area (Å²) in [5.41, 5.74) is 1.79. The summed E-state index contributed by atoms with van der Waals surface area (Å²) in [5, 5.41) is 3.57. The molecule has 10 heteroatoms. The molecule has 1 heterocycles. The van der Waals surface area contributed by atoms with Gasteiger partial charge in [-0.05, 0) is 41.5 Å². The zero-order valence-corrected chi connectivity index (χ0v) is 22.3. The van der Waals surface area contributed by atoms with Gasteiger partial charge in [0.2, 0.25) is 0 Å². The number of amides is 2. The highest BCUT2D eigenvalue weighted by molar-refractivity contribution is 6.30. The van der Waals surface area contributed by atoms with Gasteiger partial charge in [0, 0.05) is 49.9 Å². The molecule has 6 nitrogen and oxygen atoms in total. The van der Waals surface area contributed by atoms with Crippen molar-refractivity contribution in [2.24, 2.45) is 0 Å². The highest BCUT2D eigenvalue weighted by atomic mass is 35.5. The lowest BCUT2D eigenvalue weighted by atomic mass is 10.1. The minimum absolute atomic E-state index is 0.131. The molecule has 1 atom stereocenters. The Kier molecular flexibility index (Phi) is 9.72. The fourth-order valence-electron chi connectivity index (χ4n) is 4.42. The maximum atomic E-state index is 12.9. The number of rotatable bonds is 9. The van der Waals surface area contributed by atoms with Gasteiger partial charge in [-0.15, -0.1) is 0 Å². The van der Waals surface area contributed by atoms with Gasteiger partial charge in [-0.2, -0.15) is 13.2 Å². The zero-order chi connectivity index (χ0) is 27.8. The number of urea groups is 1. The van der Waals surface area contributed by atoms with Crippen molar-refractivity contribution < 1.29 is 27.4 Å². The summed E-state index contributed by atoms with van der Waals surface area (Å²) < 4.78 is 50.2. The minimum atomic E-state index is -4.38. The van der Waals surface area contributed by atoms with Crippen LogP contribution in [0.2, 0.25) is 5.02 Å². The Morgan fingerprint density at radius 3 is 2.28 bits per heavy atom. The largest absolute Gasteiger partial charge is 0.496 e. The van der Waals surface area contributed by atoms with Crippen molar-refractivity contribution in [1.29, 1.82) is 0 Å². The molecule has 0 saturated carbocycles. The van der Waals surface area contributed by atoms with Crippen molar-refractivity contribution in [1.82, 2.24) is 15.1 Å². The average Bonchev–Trinajstić information content (AvgIpc) is 2.94. The first-order chi connectivity index (χ1) is 18.7. The average molecular weight is 562 g/mol. The SMILES string of the molecule is COc1ccccc1CNC(=O)N1CCN(C[C@H](OCc2ccc(C(F)(F)F)cc2)c2ccc(Cl)cc2)CC1. The van der Waals surface area contributed by atoms with E-state index < -0.39 is 11.7 Å². The Morgan fingerprint density at radius 1 is 0.974 bits per heavy atom. The monoisotopic (exact) mass is 561 g/mol. The van der Waals surface area contributed by atoms with E-state index in [9.17, 15) is 18.0 Å². The molecule has 1 aliphatic heterocycles. The van der Waals surface area contributed by atoms with E-state index in [0.717, 1.165) is 29.0 Å². The summed E-state index contributed by atoms with van der Waals surface area (Å²) in [4.78, 5) is 16.7. The van der Waals surface area contributed by atoms with Gasteiger partial charge in [-0.25, -0.2) is 4.79 Å². The van der Waals surface area contributed by atoms with Crippen LogP contribution in [0.15, 0.2) is 72.8 Å². The van der Waals surface area contributed by atoms with Crippen LogP contribution in [0.1, 0.15) is 28.4 Å². The van der Waals surface area contributed by atoms with Gasteiger partial charge >= 0.3 is 12.2 Å². The van der Waals surface area contributed by atoms with Gasteiger partial charge in [0.25, 0.3) is 0 Å². The molecule has 1 aliphatic rings. The Morgan fingerprint density at radius 2 is 1.64 bits per heavy atom. The number of nitrogens with one attached hydrogen (secondary N) is 1. The van der Waals surface area contributed by atoms with E-state index in [1.54, 1.807) is 24.1 Å². The number of para-hydroxylation sites is 1. The molecule has 2 amide bonds. The molecule has 0 aromatic heterocycles. The predicted molar refractivity (Wildman–Crippen MR) is 144 cm³/mol. The molecule has 3 aromatic carbocycles. The van der Waals surface area contributed by atoms with E-state index in [1.807, 2.05) is 36.4 Å². The molecule has 0 radical (unpaired) electrons. The number of nitrogens with zero attached hydrogens (tertiary/aromatic N) is 2. The van der Waals surface area contributed by atoms with Crippen LogP contribution in [0, 0.1) is 0 Å². The van der Waals surface area contributed by atoms with Crippen LogP contribution in [0.25, 0.3) is 0 Å². The zero-order valence-electron chi connectivity index (χ0n) is 21.6. The first kappa shape index (κ1) is 28.7. The number of carbonyl (C=O) groups excluding carboxylic acids is 1. The number of carbonyl (C=O) groups is 1. The number of alkyl halides is 3. The smallest absolute Gasteiger partial charge is 0.416 e. The van der Waals surface area contributed by atoms with Crippen molar-refractivity contribution in [3.05, 3.63) is 100 Å². The van der Waals surface area contributed by atoms with Crippen LogP contribution in [0.4, 0.5) is 18.0 Å². The molecule has 1 saturated heterocycles. The van der Waals surface area contributed by atoms with Crippen molar-refractivity contribution in [3.8, 4) is 5.75 Å². The van der Waals surface area contributed by atoms with Crippen molar-refractivity contribution in [2.75, 3.05) is 39.8 Å². The first-order valence-corrected chi connectivity index (χ1v) is 13.0. The number of methoxy groups -OCH3 is 1. The third kappa shape index (κ3) is 8.11. The summed E-state index contributed by atoms with van der Waals surface area (Å²) >= 11 is 6.07. The van der Waals surface area contributed by atoms with Crippen LogP contribution >= 0.6 is 11.6 Å². The number of hydrogen-bond acceptors (Lipinski definition) is 4. The number of halogens is 4. The maximum absolute atomic E-state index is 12.9. The Labute approximate surface area is 231 Å². The van der Waals surface area contributed by atoms with Crippen molar-refractivity contribution in [3.63, 3.8) is 0 Å². The number of ether oxygens (including phenoxy) is 2. The molecule has 3 aromatic rings. The second-order valence-electron chi connectivity index (χ2n) is 9.30. The van der Waals surface area contributed by atoms with Crippen LogP contribution in [0.5, 0.6) is 5.75 Å². The summed E-state index contributed by atoms with van der Waals surface area (Å²) in [5.74, 6) is 0.729. The summed E-state index contributed by atoms with van der Waals surface area (Å²) in [6, 6.07) is 19.8. The van der Waals surface area contributed by atoms with Gasteiger partial charge in [0.1, 0.15) is 5.75 Å². The summed E-state index contributed by atoms with van der Waals surface area (Å²) in [7, 11) is 1.60. The standard InChI is InChI=1S/C29H31ClF3N3O3/c1-38-26-5-3-2-4-23(26)18-34-28(37)36-16-14-35(15-17-36)19-27(22-8-12-25(30)13-9-22)39-20-21-6-10-24(11-7-21)29(31,32)33/h2-13,27H,14-20H2,1H3,(H,34,37)/t27-/m0/s1. The fourth-order valence-corrected chi connectivity index (χ4v) is 4.54. The van der Waals surface area contributed by atoms with E-state index in [2.05, 4.69) is 10.2 Å². The van der Waals surface area contributed by atoms with Gasteiger partial charge < -0.3 is 19.7 Å². The van der Waals surface area contributed by atoms with Gasteiger partial charge in [0.05, 0.1) is 25.4 Å². The molecule has 4 rings (SSSR count). The third-order valence-corrected chi connectivity index (χ3v) is 6.93. The third-order valence-electron chi connectivity index (χ3n) is 6.68. The molecule has 0 bridgehead atoms. The molecule has 0 aliphatic carbocycles. The number of piperazine rings is 1. The van der Waals surface area contributed by atoms with Crippen LogP contribution < -0.4 is 10.1 Å². The molecule has 0 unspecified atom stereocenters. The molecule has 208 valence electrons. The Bertz CT molecular complexity index is 1210. The summed E-state index contributed by atoms with van der Waals surface area (Å²) in [6.07, 6.45) is -4.70. The second kappa shape index (κ2) is 13.2. The second-order valence-corrected chi connectivity index (χ2v) is 9.74. The molecular formula is C29H31ClF3N3O3. The highest BCUT2D eigenvalue weighted by Crippen LogP contribution is 2.30. The Hall–Kier alpha value is -3.27. The van der Waals surface area contributed by atoms with Crippen molar-refractivity contribution >= 4 is 17.6 Å². The van der Waals surface area contributed by atoms with Crippen LogP contribution in [-0.4, -0.2) is 55.7 Å². The molecule has 0 spiro atoms. The Balaban J connectivity index is 1.32. The minimum Gasteiger partial charge on any atom is -0.496 e. The lowest BCUT2D eigenvalue weighted by Gasteiger charge is -2.36. The number of hydrogen-bond donors (Lipinski definition) is 1. The van der Waals surface area contributed by atoms with Gasteiger partial charge in [-0.3, -0.25) is 4.90 Å². The molecular weight excluding hydrogens is 531 g/mol. The molecule has 1 fully saturated rings. The predicted octanol–water partition coefficient (Wildman–Crippen LogP) is 6.15. The van der Waals surface area contributed by atoms with E-state index in [0.29, 0.717) is 49.9 Å². The van der Waals surface area contributed by atoms with Crippen molar-refractivity contribution in [2.45, 2.75) is 25.4 Å². The number of benzene rings is 3. The van der Waals surface area contributed by atoms with E-state index >= 15 is 0 Å². The maximum Gasteiger partial charge on any atom is 0.416 e. The lowest BCUT2D eigenvalue weighted by Crippen LogP contribution is -2.52. The van der Waals surface area contributed by atoms with Crippen LogP contribution in [-0.2, 0) is 24.1 Å². The van der Waals surface area contributed by atoms with Gasteiger partial charge in [-0.1, -0.05) is 54.1 Å². The van der Waals surface area contributed by atoms with Gasteiger partial charge in [0.15, 0.2) is 0 Å². The van der Waals surface area contributed by atoms with Crippen LogP contribution in [0.3, 0.4) is 0 Å². The highest BCUT2D eigenvalue weighted by Gasteiger charge is 2.30. The first-order valence-electron chi connectivity index (χ1n) is 12.6. The fraction of sp³-hybridized carbons (Fsp3) is 0.345. The summed E-state index contributed by atoms with van der Waals surface area (Å²) in [6.45, 7) is 3.55.